The number of nitrogens with one attached hydrogen (secondary N) is 1. The minimum atomic E-state index is 0.0624. The molecule has 0 aliphatic heterocycles. The predicted molar refractivity (Wildman–Crippen MR) is 82.3 cm³/mol. The highest BCUT2D eigenvalue weighted by molar-refractivity contribution is 5.79. The van der Waals surface area contributed by atoms with Crippen LogP contribution in [-0.4, -0.2) is 12.5 Å². The molecule has 1 aliphatic carbocycles. The van der Waals surface area contributed by atoms with Crippen LogP contribution in [0.4, 0.5) is 0 Å². The Morgan fingerprint density at radius 1 is 1.35 bits per heavy atom. The summed E-state index contributed by atoms with van der Waals surface area (Å²) >= 11 is 0. The molecule has 1 amide bonds. The molecule has 0 radical (unpaired) electrons. The van der Waals surface area contributed by atoms with Crippen LogP contribution in [0.3, 0.4) is 0 Å². The third-order valence-corrected chi connectivity index (χ3v) is 4.55. The van der Waals surface area contributed by atoms with Gasteiger partial charge in [0.1, 0.15) is 0 Å². The molecule has 1 fully saturated rings. The quantitative estimate of drug-likeness (QED) is 0.867. The fraction of sp³-hybridized carbons (Fsp3) is 0.588. The first-order valence-corrected chi connectivity index (χ1v) is 7.75. The fourth-order valence-corrected chi connectivity index (χ4v) is 3.11. The summed E-state index contributed by atoms with van der Waals surface area (Å²) in [6.45, 7) is 4.82. The Morgan fingerprint density at radius 2 is 2.05 bits per heavy atom. The van der Waals surface area contributed by atoms with Crippen LogP contribution in [0.1, 0.15) is 50.3 Å². The minimum Gasteiger partial charge on any atom is -0.349 e. The molecule has 1 aliphatic rings. The Kier molecular flexibility index (Phi) is 5.18. The van der Waals surface area contributed by atoms with E-state index in [4.69, 9.17) is 5.73 Å². The third-order valence-electron chi connectivity index (χ3n) is 4.55. The minimum absolute atomic E-state index is 0.0624. The number of hydrogen-bond acceptors (Lipinski definition) is 2. The Bertz CT molecular complexity index is 441. The van der Waals surface area contributed by atoms with E-state index >= 15 is 0 Å². The molecule has 3 heteroatoms. The molecule has 3 atom stereocenters. The van der Waals surface area contributed by atoms with Gasteiger partial charge in [-0.05, 0) is 49.8 Å². The van der Waals surface area contributed by atoms with Gasteiger partial charge in [-0.1, -0.05) is 37.6 Å². The zero-order valence-electron chi connectivity index (χ0n) is 12.6. The molecule has 2 rings (SSSR count). The van der Waals surface area contributed by atoms with Gasteiger partial charge in [0.15, 0.2) is 0 Å². The number of carbonyl (C=O) groups is 1. The van der Waals surface area contributed by atoms with Crippen molar-refractivity contribution in [1.29, 1.82) is 0 Å². The van der Waals surface area contributed by atoms with Crippen molar-refractivity contribution in [3.8, 4) is 0 Å². The van der Waals surface area contributed by atoms with Gasteiger partial charge in [0.05, 0.1) is 6.04 Å². The van der Waals surface area contributed by atoms with Gasteiger partial charge >= 0.3 is 0 Å². The van der Waals surface area contributed by atoms with Gasteiger partial charge in [-0.2, -0.15) is 0 Å². The molecule has 1 unspecified atom stereocenters. The van der Waals surface area contributed by atoms with Crippen molar-refractivity contribution in [3.63, 3.8) is 0 Å². The van der Waals surface area contributed by atoms with Crippen molar-refractivity contribution in [2.45, 2.75) is 45.6 Å². The second-order valence-corrected chi connectivity index (χ2v) is 5.86. The van der Waals surface area contributed by atoms with Crippen LogP contribution < -0.4 is 11.1 Å². The summed E-state index contributed by atoms with van der Waals surface area (Å²) in [7, 11) is 0. The topological polar surface area (TPSA) is 55.1 Å². The van der Waals surface area contributed by atoms with E-state index in [0.717, 1.165) is 31.2 Å². The van der Waals surface area contributed by atoms with E-state index in [1.54, 1.807) is 0 Å². The van der Waals surface area contributed by atoms with Crippen LogP contribution in [0.15, 0.2) is 24.3 Å². The van der Waals surface area contributed by atoms with E-state index in [9.17, 15) is 4.79 Å². The molecule has 0 saturated heterocycles. The largest absolute Gasteiger partial charge is 0.349 e. The first kappa shape index (κ1) is 15.0. The van der Waals surface area contributed by atoms with E-state index in [-0.39, 0.29) is 17.9 Å². The summed E-state index contributed by atoms with van der Waals surface area (Å²) < 4.78 is 0. The molecular weight excluding hydrogens is 248 g/mol. The lowest BCUT2D eigenvalue weighted by Crippen LogP contribution is -2.36. The van der Waals surface area contributed by atoms with Crippen molar-refractivity contribution in [2.75, 3.05) is 6.54 Å². The van der Waals surface area contributed by atoms with Crippen molar-refractivity contribution in [1.82, 2.24) is 5.32 Å². The van der Waals surface area contributed by atoms with Crippen LogP contribution in [0.5, 0.6) is 0 Å². The maximum absolute atomic E-state index is 12.4. The molecule has 0 spiro atoms. The molecule has 3 nitrogen and oxygen atoms in total. The molecule has 0 heterocycles. The number of rotatable bonds is 5. The van der Waals surface area contributed by atoms with Gasteiger partial charge < -0.3 is 11.1 Å². The Balaban J connectivity index is 1.96. The van der Waals surface area contributed by atoms with E-state index < -0.39 is 0 Å². The van der Waals surface area contributed by atoms with Crippen LogP contribution in [-0.2, 0) is 11.2 Å². The maximum Gasteiger partial charge on any atom is 0.223 e. The SMILES string of the molecule is CCc1ccc(C(C)NC(=O)[C@@H]2CCC[C@@H]2CN)cc1. The highest BCUT2D eigenvalue weighted by Gasteiger charge is 2.32. The summed E-state index contributed by atoms with van der Waals surface area (Å²) in [5.41, 5.74) is 8.25. The van der Waals surface area contributed by atoms with E-state index in [2.05, 4.69) is 36.5 Å². The van der Waals surface area contributed by atoms with Crippen molar-refractivity contribution in [2.24, 2.45) is 17.6 Å². The van der Waals surface area contributed by atoms with Crippen LogP contribution in [0.2, 0.25) is 0 Å². The molecule has 20 heavy (non-hydrogen) atoms. The van der Waals surface area contributed by atoms with Crippen molar-refractivity contribution < 1.29 is 4.79 Å². The first-order valence-electron chi connectivity index (χ1n) is 7.75. The van der Waals surface area contributed by atoms with Gasteiger partial charge in [0, 0.05) is 5.92 Å². The smallest absolute Gasteiger partial charge is 0.223 e. The van der Waals surface area contributed by atoms with Crippen LogP contribution in [0, 0.1) is 11.8 Å². The number of benzene rings is 1. The molecule has 1 saturated carbocycles. The molecule has 0 aromatic heterocycles. The zero-order chi connectivity index (χ0) is 14.5. The Hall–Kier alpha value is -1.35. The van der Waals surface area contributed by atoms with Crippen LogP contribution in [0.25, 0.3) is 0 Å². The summed E-state index contributed by atoms with van der Waals surface area (Å²) in [5.74, 6) is 0.645. The summed E-state index contributed by atoms with van der Waals surface area (Å²) in [5, 5.41) is 3.15. The standard InChI is InChI=1S/C17H26N2O/c1-3-13-7-9-14(10-8-13)12(2)19-17(20)16-6-4-5-15(16)11-18/h7-10,12,15-16H,3-6,11,18H2,1-2H3,(H,19,20)/t12?,15-,16-/m1/s1. The molecule has 1 aromatic rings. The summed E-state index contributed by atoms with van der Waals surface area (Å²) in [4.78, 5) is 12.4. The van der Waals surface area contributed by atoms with Gasteiger partial charge in [-0.25, -0.2) is 0 Å². The predicted octanol–water partition coefficient (Wildman–Crippen LogP) is 2.80. The molecule has 3 N–H and O–H groups in total. The highest BCUT2D eigenvalue weighted by Crippen LogP contribution is 2.31. The average molecular weight is 274 g/mol. The fourth-order valence-electron chi connectivity index (χ4n) is 3.11. The monoisotopic (exact) mass is 274 g/mol. The average Bonchev–Trinajstić information content (AvgIpc) is 2.95. The van der Waals surface area contributed by atoms with Crippen molar-refractivity contribution >= 4 is 5.91 Å². The Morgan fingerprint density at radius 3 is 2.65 bits per heavy atom. The second kappa shape index (κ2) is 6.89. The van der Waals surface area contributed by atoms with E-state index in [1.165, 1.54) is 5.56 Å². The third kappa shape index (κ3) is 3.40. The molecule has 0 bridgehead atoms. The van der Waals surface area contributed by atoms with Crippen molar-refractivity contribution in [3.05, 3.63) is 35.4 Å². The van der Waals surface area contributed by atoms with Gasteiger partial charge in [-0.15, -0.1) is 0 Å². The van der Waals surface area contributed by atoms with Crippen LogP contribution >= 0.6 is 0 Å². The first-order chi connectivity index (χ1) is 9.65. The number of hydrogen-bond donors (Lipinski definition) is 2. The molecule has 1 aromatic carbocycles. The van der Waals surface area contributed by atoms with E-state index in [1.807, 2.05) is 6.92 Å². The summed E-state index contributed by atoms with van der Waals surface area (Å²) in [6.07, 6.45) is 4.24. The lowest BCUT2D eigenvalue weighted by Gasteiger charge is -2.21. The normalized spacial score (nSPS) is 23.6. The number of amides is 1. The Labute approximate surface area is 121 Å². The second-order valence-electron chi connectivity index (χ2n) is 5.86. The number of aryl methyl sites for hydroxylation is 1. The van der Waals surface area contributed by atoms with Gasteiger partial charge in [0.25, 0.3) is 0 Å². The van der Waals surface area contributed by atoms with Gasteiger partial charge in [-0.3, -0.25) is 4.79 Å². The number of nitrogens with two attached hydrogens (primary N) is 1. The maximum atomic E-state index is 12.4. The lowest BCUT2D eigenvalue weighted by molar-refractivity contribution is -0.126. The summed E-state index contributed by atoms with van der Waals surface area (Å²) in [6, 6.07) is 8.55. The van der Waals surface area contributed by atoms with E-state index in [0.29, 0.717) is 12.5 Å². The lowest BCUT2D eigenvalue weighted by atomic mass is 9.94. The zero-order valence-corrected chi connectivity index (χ0v) is 12.6. The number of carbonyl (C=O) groups excluding carboxylic acids is 1. The molecule has 110 valence electrons. The van der Waals surface area contributed by atoms with Gasteiger partial charge in [0.2, 0.25) is 5.91 Å². The highest BCUT2D eigenvalue weighted by atomic mass is 16.2. The molecular formula is C17H26N2O.